The first-order valence-corrected chi connectivity index (χ1v) is 20.7. The molecule has 0 aliphatic heterocycles. The Labute approximate surface area is 331 Å². The minimum absolute atomic E-state index is 0.360. The monoisotopic (exact) mass is 749 g/mol. The molecule has 0 fully saturated rings. The molecular weight excluding hydrogens is 719 g/mol. The Balaban J connectivity index is 1.01. The Hall–Kier alpha value is -6.53. The van der Waals surface area contributed by atoms with Gasteiger partial charge in [0, 0.05) is 63.0 Å². The van der Waals surface area contributed by atoms with Crippen LogP contribution in [0.5, 0.6) is 0 Å². The van der Waals surface area contributed by atoms with Gasteiger partial charge in [-0.2, -0.15) is 0 Å². The van der Waals surface area contributed by atoms with E-state index >= 15 is 0 Å². The van der Waals surface area contributed by atoms with E-state index in [1.54, 1.807) is 0 Å². The number of hydrogen-bond donors (Lipinski definition) is 0. The van der Waals surface area contributed by atoms with Crippen molar-refractivity contribution in [3.05, 3.63) is 187 Å². The van der Waals surface area contributed by atoms with Crippen LogP contribution in [0.15, 0.2) is 170 Å². The van der Waals surface area contributed by atoms with Crippen LogP contribution >= 0.6 is 22.7 Å². The van der Waals surface area contributed by atoms with Gasteiger partial charge in [-0.1, -0.05) is 140 Å². The van der Waals surface area contributed by atoms with Crippen molar-refractivity contribution < 1.29 is 0 Å². The first-order chi connectivity index (χ1) is 27.7. The highest BCUT2D eigenvalue weighted by Gasteiger charge is 2.30. The summed E-state index contributed by atoms with van der Waals surface area (Å²) >= 11 is 3.64. The van der Waals surface area contributed by atoms with E-state index in [0.29, 0.717) is 23.4 Å². The molecule has 3 heterocycles. The Morgan fingerprint density at radius 3 is 2.00 bits per heavy atom. The lowest BCUT2D eigenvalue weighted by Crippen LogP contribution is -2.12. The molecule has 0 saturated carbocycles. The highest BCUT2D eigenvalue weighted by molar-refractivity contribution is 7.26. The van der Waals surface area contributed by atoms with Crippen LogP contribution in [0.3, 0.4) is 0 Å². The molecule has 0 radical (unpaired) electrons. The van der Waals surface area contributed by atoms with Gasteiger partial charge in [0.2, 0.25) is 0 Å². The standard InChI is InChI=1S/C51H31N3S2/c1-2-11-30(12-3-1)49-52-50(33-22-25-40-39-17-8-9-19-44(39)56-47(40)29-33)54-51(53-49)41-18-10-20-46-48(41)43-28-32(23-26-45(43)55-46)31-21-24-38-36-15-5-4-13-34(36)35-14-6-7-16-37(35)42(38)27-31/h1-23,25-29,38H,24H2. The van der Waals surface area contributed by atoms with Crippen LogP contribution in [0.2, 0.25) is 0 Å². The van der Waals surface area contributed by atoms with Crippen molar-refractivity contribution in [2.24, 2.45) is 0 Å². The van der Waals surface area contributed by atoms with Gasteiger partial charge in [0.05, 0.1) is 0 Å². The van der Waals surface area contributed by atoms with Gasteiger partial charge in [-0.25, -0.2) is 15.0 Å². The van der Waals surface area contributed by atoms with E-state index < -0.39 is 0 Å². The van der Waals surface area contributed by atoms with Crippen LogP contribution in [0, 0.1) is 0 Å². The number of rotatable bonds is 4. The van der Waals surface area contributed by atoms with Crippen LogP contribution < -0.4 is 0 Å². The van der Waals surface area contributed by atoms with Crippen molar-refractivity contribution >= 4 is 74.2 Å². The molecule has 2 aliphatic carbocycles. The molecular formula is C51H31N3S2. The molecule has 3 aromatic heterocycles. The summed E-state index contributed by atoms with van der Waals surface area (Å²) in [5.41, 5.74) is 12.3. The lowest BCUT2D eigenvalue weighted by molar-refractivity contribution is 0.871. The summed E-state index contributed by atoms with van der Waals surface area (Å²) in [5, 5.41) is 4.95. The van der Waals surface area contributed by atoms with Crippen LogP contribution in [0.1, 0.15) is 29.0 Å². The zero-order valence-corrected chi connectivity index (χ0v) is 31.7. The van der Waals surface area contributed by atoms with Crippen molar-refractivity contribution in [2.75, 3.05) is 0 Å². The minimum atomic E-state index is 0.360. The lowest BCUT2D eigenvalue weighted by Gasteiger charge is -2.32. The Kier molecular flexibility index (Phi) is 7.10. The van der Waals surface area contributed by atoms with E-state index in [1.807, 2.05) is 40.9 Å². The number of nitrogens with zero attached hydrogens (tertiary/aromatic N) is 3. The van der Waals surface area contributed by atoms with Gasteiger partial charge in [-0.15, -0.1) is 22.7 Å². The molecule has 0 amide bonds. The predicted molar refractivity (Wildman–Crippen MR) is 237 cm³/mol. The zero-order chi connectivity index (χ0) is 36.7. The maximum Gasteiger partial charge on any atom is 0.164 e. The first-order valence-electron chi connectivity index (χ1n) is 19.0. The van der Waals surface area contributed by atoms with E-state index in [-0.39, 0.29) is 0 Å². The normalized spacial score (nSPS) is 14.8. The summed E-state index contributed by atoms with van der Waals surface area (Å²) in [6.07, 6.45) is 5.86. The molecule has 7 aromatic carbocycles. The molecule has 2 aliphatic rings. The summed E-state index contributed by atoms with van der Waals surface area (Å²) in [6, 6.07) is 56.8. The van der Waals surface area contributed by atoms with Gasteiger partial charge < -0.3 is 0 Å². The zero-order valence-electron chi connectivity index (χ0n) is 30.1. The number of hydrogen-bond acceptors (Lipinski definition) is 5. The van der Waals surface area contributed by atoms with Crippen LogP contribution in [0.4, 0.5) is 0 Å². The lowest BCUT2D eigenvalue weighted by atomic mass is 9.71. The summed E-state index contributed by atoms with van der Waals surface area (Å²) in [6.45, 7) is 0. The maximum atomic E-state index is 5.26. The largest absolute Gasteiger partial charge is 0.208 e. The van der Waals surface area contributed by atoms with Gasteiger partial charge in [0.1, 0.15) is 0 Å². The number of aromatic nitrogens is 3. The van der Waals surface area contributed by atoms with Crippen molar-refractivity contribution in [3.8, 4) is 45.3 Å². The van der Waals surface area contributed by atoms with Gasteiger partial charge in [-0.05, 0) is 75.7 Å². The van der Waals surface area contributed by atoms with E-state index in [1.165, 1.54) is 79.3 Å². The number of benzene rings is 7. The fraction of sp³-hybridized carbons (Fsp3) is 0.0392. The molecule has 262 valence electrons. The predicted octanol–water partition coefficient (Wildman–Crippen LogP) is 14.2. The molecule has 3 nitrogen and oxygen atoms in total. The first kappa shape index (κ1) is 31.8. The van der Waals surface area contributed by atoms with Gasteiger partial charge >= 0.3 is 0 Å². The fourth-order valence-electron chi connectivity index (χ4n) is 8.88. The number of thiophene rings is 2. The van der Waals surface area contributed by atoms with Crippen molar-refractivity contribution in [2.45, 2.75) is 12.3 Å². The highest BCUT2D eigenvalue weighted by Crippen LogP contribution is 2.51. The van der Waals surface area contributed by atoms with Crippen molar-refractivity contribution in [1.29, 1.82) is 0 Å². The molecule has 56 heavy (non-hydrogen) atoms. The number of allylic oxidation sites excluding steroid dienone is 4. The smallest absolute Gasteiger partial charge is 0.164 e. The summed E-state index contributed by atoms with van der Waals surface area (Å²) in [7, 11) is 0. The molecule has 12 rings (SSSR count). The van der Waals surface area contributed by atoms with Crippen LogP contribution in [-0.4, -0.2) is 15.0 Å². The quantitative estimate of drug-likeness (QED) is 0.180. The maximum absolute atomic E-state index is 5.26. The highest BCUT2D eigenvalue weighted by atomic mass is 32.1. The third kappa shape index (κ3) is 4.98. The van der Waals surface area contributed by atoms with Crippen LogP contribution in [0.25, 0.3) is 96.8 Å². The summed E-state index contributed by atoms with van der Waals surface area (Å²) in [5.74, 6) is 2.38. The Bertz CT molecular complexity index is 3290. The molecule has 10 aromatic rings. The summed E-state index contributed by atoms with van der Waals surface area (Å²) in [4.78, 5) is 15.6. The molecule has 0 bridgehead atoms. The fourth-order valence-corrected chi connectivity index (χ4v) is 11.1. The van der Waals surface area contributed by atoms with E-state index in [0.717, 1.165) is 23.1 Å². The second-order valence-corrected chi connectivity index (χ2v) is 16.8. The van der Waals surface area contributed by atoms with Crippen LogP contribution in [-0.2, 0) is 0 Å². The van der Waals surface area contributed by atoms with Crippen molar-refractivity contribution in [1.82, 2.24) is 15.0 Å². The SMILES string of the molecule is C1=C(c2ccc3sc4cccc(-c5nc(-c6ccccc6)nc(-c6ccc7c(c6)sc6ccccc67)n5)c4c3c2)C=C2c3ccccc3-c3ccccc3C2C1. The van der Waals surface area contributed by atoms with Crippen molar-refractivity contribution in [3.63, 3.8) is 0 Å². The van der Waals surface area contributed by atoms with Gasteiger partial charge in [-0.3, -0.25) is 0 Å². The van der Waals surface area contributed by atoms with Gasteiger partial charge in [0.25, 0.3) is 0 Å². The molecule has 0 spiro atoms. The molecule has 0 saturated heterocycles. The molecule has 1 atom stereocenters. The third-order valence-corrected chi connectivity index (χ3v) is 13.8. The van der Waals surface area contributed by atoms with E-state index in [4.69, 9.17) is 15.0 Å². The third-order valence-electron chi connectivity index (χ3n) is 11.5. The van der Waals surface area contributed by atoms with E-state index in [2.05, 4.69) is 152 Å². The summed E-state index contributed by atoms with van der Waals surface area (Å²) < 4.78 is 4.98. The number of fused-ring (bicyclic) bond motifs is 12. The average molecular weight is 750 g/mol. The Morgan fingerprint density at radius 2 is 1.09 bits per heavy atom. The topological polar surface area (TPSA) is 38.7 Å². The molecule has 1 unspecified atom stereocenters. The minimum Gasteiger partial charge on any atom is -0.208 e. The second-order valence-electron chi connectivity index (χ2n) is 14.7. The average Bonchev–Trinajstić information content (AvgIpc) is 3.84. The Morgan fingerprint density at radius 1 is 0.429 bits per heavy atom. The van der Waals surface area contributed by atoms with E-state index in [9.17, 15) is 0 Å². The molecule has 0 N–H and O–H groups in total. The second kappa shape index (κ2) is 12.5. The van der Waals surface area contributed by atoms with Gasteiger partial charge in [0.15, 0.2) is 17.5 Å². The molecule has 5 heteroatoms.